The van der Waals surface area contributed by atoms with Gasteiger partial charge in [-0.1, -0.05) is 17.7 Å². The molecule has 30 heavy (non-hydrogen) atoms. The Balaban J connectivity index is 1.74. The Hall–Kier alpha value is -2.48. The SMILES string of the molecule is CS(=O)(=O)Nc1cc(C(N)C(=O)N[C@@H]2C(=O)N3C(C(=O)O)=C(Cl)CS[C@H]23)ccc1O. The lowest BCUT2D eigenvalue weighted by atomic mass is 10.0. The highest BCUT2D eigenvalue weighted by Crippen LogP contribution is 2.41. The van der Waals surface area contributed by atoms with Gasteiger partial charge in [0.25, 0.3) is 5.91 Å². The van der Waals surface area contributed by atoms with Crippen molar-refractivity contribution in [3.63, 3.8) is 0 Å². The van der Waals surface area contributed by atoms with Crippen molar-refractivity contribution in [2.75, 3.05) is 16.7 Å². The minimum absolute atomic E-state index is 0.0357. The number of halogens is 1. The molecule has 2 amide bonds. The molecule has 0 aliphatic carbocycles. The van der Waals surface area contributed by atoms with Crippen LogP contribution in [0.2, 0.25) is 0 Å². The number of fused-ring (bicyclic) bond motifs is 1. The number of nitrogens with zero attached hydrogens (tertiary/aromatic N) is 1. The lowest BCUT2D eigenvalue weighted by Gasteiger charge is -2.48. The van der Waals surface area contributed by atoms with Crippen molar-refractivity contribution in [2.24, 2.45) is 5.73 Å². The summed E-state index contributed by atoms with van der Waals surface area (Å²) in [5.74, 6) is -2.88. The normalized spacial score (nSPS) is 22.1. The van der Waals surface area contributed by atoms with Crippen LogP contribution in [0.5, 0.6) is 5.75 Å². The Bertz CT molecular complexity index is 1080. The van der Waals surface area contributed by atoms with Crippen molar-refractivity contribution in [1.82, 2.24) is 10.2 Å². The van der Waals surface area contributed by atoms with E-state index in [0.29, 0.717) is 0 Å². The molecule has 3 atom stereocenters. The van der Waals surface area contributed by atoms with Crippen molar-refractivity contribution in [2.45, 2.75) is 17.5 Å². The van der Waals surface area contributed by atoms with Gasteiger partial charge in [0.05, 0.1) is 17.0 Å². The van der Waals surface area contributed by atoms with E-state index in [0.717, 1.165) is 11.2 Å². The minimum Gasteiger partial charge on any atom is -0.506 e. The molecule has 3 rings (SSSR count). The summed E-state index contributed by atoms with van der Waals surface area (Å²) in [7, 11) is -3.68. The van der Waals surface area contributed by atoms with E-state index < -0.39 is 45.3 Å². The Kier molecular flexibility index (Phi) is 5.91. The largest absolute Gasteiger partial charge is 0.506 e. The van der Waals surface area contributed by atoms with E-state index in [1.807, 2.05) is 0 Å². The summed E-state index contributed by atoms with van der Waals surface area (Å²) in [6, 6.07) is 1.45. The number of anilines is 1. The van der Waals surface area contributed by atoms with Gasteiger partial charge in [-0.25, -0.2) is 13.2 Å². The van der Waals surface area contributed by atoms with Crippen molar-refractivity contribution in [3.8, 4) is 5.75 Å². The highest BCUT2D eigenvalue weighted by molar-refractivity contribution is 8.00. The number of benzene rings is 1. The molecule has 1 aromatic rings. The number of thioether (sulfide) groups is 1. The maximum atomic E-state index is 12.6. The molecule has 1 unspecified atom stereocenters. The fourth-order valence-electron chi connectivity index (χ4n) is 3.01. The summed E-state index contributed by atoms with van der Waals surface area (Å²) >= 11 is 7.10. The van der Waals surface area contributed by atoms with Gasteiger partial charge in [0.1, 0.15) is 28.9 Å². The van der Waals surface area contributed by atoms with Crippen molar-refractivity contribution in [3.05, 3.63) is 34.5 Å². The molecule has 1 saturated heterocycles. The molecule has 0 bridgehead atoms. The van der Waals surface area contributed by atoms with Gasteiger partial charge in [-0.3, -0.25) is 19.2 Å². The molecule has 2 aliphatic rings. The van der Waals surface area contributed by atoms with Gasteiger partial charge in [-0.05, 0) is 17.7 Å². The van der Waals surface area contributed by atoms with E-state index in [1.54, 1.807) is 0 Å². The fraction of sp³-hybridized carbons (Fsp3) is 0.312. The third-order valence-electron chi connectivity index (χ3n) is 4.38. The second-order valence-corrected chi connectivity index (χ2v) is 9.89. The number of carboxylic acids is 1. The quantitative estimate of drug-likeness (QED) is 0.272. The summed E-state index contributed by atoms with van der Waals surface area (Å²) in [5.41, 5.74) is 5.65. The molecule has 0 aromatic heterocycles. The van der Waals surface area contributed by atoms with Crippen molar-refractivity contribution in [1.29, 1.82) is 0 Å². The number of carboxylic acid groups (broad SMARTS) is 1. The van der Waals surface area contributed by atoms with Gasteiger partial charge < -0.3 is 21.3 Å². The van der Waals surface area contributed by atoms with Crippen LogP contribution in [0.4, 0.5) is 5.69 Å². The number of hydrogen-bond donors (Lipinski definition) is 5. The zero-order valence-electron chi connectivity index (χ0n) is 15.3. The first-order chi connectivity index (χ1) is 13.9. The van der Waals surface area contributed by atoms with Crippen LogP contribution in [-0.2, 0) is 24.4 Å². The first-order valence-corrected chi connectivity index (χ1v) is 11.7. The topological polar surface area (TPSA) is 179 Å². The van der Waals surface area contributed by atoms with Crippen LogP contribution in [0.15, 0.2) is 28.9 Å². The number of nitrogens with one attached hydrogen (secondary N) is 2. The maximum Gasteiger partial charge on any atom is 0.353 e. The van der Waals surface area contributed by atoms with Crippen LogP contribution in [0, 0.1) is 0 Å². The molecule has 6 N–H and O–H groups in total. The number of rotatable bonds is 6. The Labute approximate surface area is 180 Å². The van der Waals surface area contributed by atoms with E-state index in [-0.39, 0.29) is 33.5 Å². The number of aliphatic carboxylic acids is 1. The molecule has 1 fully saturated rings. The number of aromatic hydroxyl groups is 1. The molecular formula is C16H17ClN4O7S2. The first-order valence-electron chi connectivity index (χ1n) is 8.34. The summed E-state index contributed by atoms with van der Waals surface area (Å²) in [5, 5.41) is 20.9. The van der Waals surface area contributed by atoms with Crippen molar-refractivity contribution >= 4 is 56.9 Å². The maximum absolute atomic E-state index is 12.6. The average molecular weight is 477 g/mol. The lowest BCUT2D eigenvalue weighted by molar-refractivity contribution is -0.150. The minimum atomic E-state index is -3.68. The van der Waals surface area contributed by atoms with Gasteiger partial charge in [0.15, 0.2) is 0 Å². The van der Waals surface area contributed by atoms with Crippen LogP contribution < -0.4 is 15.8 Å². The zero-order chi connectivity index (χ0) is 22.4. The van der Waals surface area contributed by atoms with Crippen LogP contribution in [0.25, 0.3) is 0 Å². The van der Waals surface area contributed by atoms with Crippen LogP contribution >= 0.6 is 23.4 Å². The Morgan fingerprint density at radius 2 is 2.07 bits per heavy atom. The summed E-state index contributed by atoms with van der Waals surface area (Å²) in [4.78, 5) is 37.3. The van der Waals surface area contributed by atoms with E-state index in [1.165, 1.54) is 30.0 Å². The molecule has 2 heterocycles. The monoisotopic (exact) mass is 476 g/mol. The van der Waals surface area contributed by atoms with E-state index in [4.69, 9.17) is 17.3 Å². The molecule has 162 valence electrons. The lowest BCUT2D eigenvalue weighted by Crippen LogP contribution is -2.70. The number of phenols is 1. The van der Waals surface area contributed by atoms with E-state index in [2.05, 4.69) is 10.0 Å². The Morgan fingerprint density at radius 1 is 1.40 bits per heavy atom. The molecule has 1 aromatic carbocycles. The third-order valence-corrected chi connectivity index (χ3v) is 6.72. The van der Waals surface area contributed by atoms with Gasteiger partial charge >= 0.3 is 5.97 Å². The number of hydrogen-bond acceptors (Lipinski definition) is 8. The van der Waals surface area contributed by atoms with Crippen LogP contribution in [-0.4, -0.2) is 64.7 Å². The number of carbonyl (C=O) groups is 3. The standard InChI is InChI=1S/C16H17ClN4O7S2/c1-30(27,28)20-8-4-6(2-3-9(8)22)10(18)13(23)19-11-14(24)21-12(16(25)26)7(17)5-29-15(11)21/h2-4,10-11,15,20,22H,5,18H2,1H3,(H,19,23)(H,25,26)/t10?,11-,15-/m1/s1. The molecule has 0 spiro atoms. The molecule has 0 saturated carbocycles. The van der Waals surface area contributed by atoms with Gasteiger partial charge in [-0.15, -0.1) is 11.8 Å². The molecular weight excluding hydrogens is 460 g/mol. The summed E-state index contributed by atoms with van der Waals surface area (Å²) in [6.45, 7) is 0. The van der Waals surface area contributed by atoms with Crippen LogP contribution in [0.3, 0.4) is 0 Å². The second-order valence-electron chi connectivity index (χ2n) is 6.58. The van der Waals surface area contributed by atoms with Crippen molar-refractivity contribution < 1.29 is 33.0 Å². The predicted molar refractivity (Wildman–Crippen MR) is 109 cm³/mol. The fourth-order valence-corrected chi connectivity index (χ4v) is 5.12. The number of sulfonamides is 1. The van der Waals surface area contributed by atoms with E-state index >= 15 is 0 Å². The summed E-state index contributed by atoms with van der Waals surface area (Å²) in [6.07, 6.45) is 0.896. The van der Waals surface area contributed by atoms with Crippen LogP contribution in [0.1, 0.15) is 11.6 Å². The van der Waals surface area contributed by atoms with Gasteiger partial charge in [-0.2, -0.15) is 0 Å². The zero-order valence-corrected chi connectivity index (χ0v) is 17.7. The molecule has 2 aliphatic heterocycles. The number of phenolic OH excluding ortho intramolecular Hbond substituents is 1. The number of amides is 2. The number of nitrogens with two attached hydrogens (primary N) is 1. The first kappa shape index (κ1) is 22.2. The summed E-state index contributed by atoms with van der Waals surface area (Å²) < 4.78 is 24.9. The highest BCUT2D eigenvalue weighted by Gasteiger charge is 2.54. The smallest absolute Gasteiger partial charge is 0.353 e. The second kappa shape index (κ2) is 7.98. The molecule has 14 heteroatoms. The number of carbonyl (C=O) groups excluding carboxylic acids is 2. The molecule has 11 nitrogen and oxygen atoms in total. The Morgan fingerprint density at radius 3 is 2.67 bits per heavy atom. The highest BCUT2D eigenvalue weighted by atomic mass is 35.5. The third kappa shape index (κ3) is 4.19. The average Bonchev–Trinajstić information content (AvgIpc) is 2.65. The molecule has 0 radical (unpaired) electrons. The predicted octanol–water partition coefficient (Wildman–Crippen LogP) is -0.302. The number of β-lactam (4-membered cyclic amide) rings is 1. The van der Waals surface area contributed by atoms with Gasteiger partial charge in [0, 0.05) is 5.75 Å². The van der Waals surface area contributed by atoms with E-state index in [9.17, 15) is 33.0 Å². The van der Waals surface area contributed by atoms with Gasteiger partial charge in [0.2, 0.25) is 15.9 Å².